The van der Waals surface area contributed by atoms with Gasteiger partial charge < -0.3 is 57.5 Å². The third-order valence-corrected chi connectivity index (χ3v) is 19.8. The van der Waals surface area contributed by atoms with Crippen LogP contribution in [-0.2, 0) is 56.3 Å². The molecule has 7 aromatic rings. The second kappa shape index (κ2) is 36.9. The van der Waals surface area contributed by atoms with E-state index in [4.69, 9.17) is 10.5 Å². The zero-order valence-electron chi connectivity index (χ0n) is 58.0. The van der Waals surface area contributed by atoms with Crippen LogP contribution in [0.5, 0.6) is 0 Å². The number of piperidine rings is 1. The van der Waals surface area contributed by atoms with Crippen molar-refractivity contribution in [3.8, 4) is 0 Å². The second-order valence-corrected chi connectivity index (χ2v) is 29.6. The summed E-state index contributed by atoms with van der Waals surface area (Å²) in [5.74, 6) is -1.47. The average molecular weight is 1390 g/mol. The van der Waals surface area contributed by atoms with Gasteiger partial charge in [0.1, 0.15) is 24.4 Å². The number of alkyl carbamates (subject to hydrolysis) is 1. The predicted molar refractivity (Wildman–Crippen MR) is 385 cm³/mol. The summed E-state index contributed by atoms with van der Waals surface area (Å²) in [6.07, 6.45) is 4.87. The molecule has 3 aromatic heterocycles. The molecule has 0 unspecified atom stereocenters. The number of ether oxygens (including phenoxy) is 1. The molecule has 9 rings (SSSR count). The fourth-order valence-electron chi connectivity index (χ4n) is 12.7. The zero-order chi connectivity index (χ0) is 71.2. The summed E-state index contributed by atoms with van der Waals surface area (Å²) < 4.78 is 5.42. The monoisotopic (exact) mass is 1390 g/mol. The normalized spacial score (nSPS) is 17.6. The first-order valence-corrected chi connectivity index (χ1v) is 36.0. The number of likely N-dealkylation sites (tertiary alicyclic amines) is 1. The molecule has 10 N–H and O–H groups in total. The van der Waals surface area contributed by atoms with Crippen molar-refractivity contribution in [1.29, 1.82) is 0 Å². The van der Waals surface area contributed by atoms with Gasteiger partial charge in [-0.3, -0.25) is 33.9 Å². The molecule has 22 nitrogen and oxygen atoms in total. The number of carbonyl (C=O) groups is 7. The lowest BCUT2D eigenvalue weighted by molar-refractivity contribution is -0.133. The Morgan fingerprint density at radius 2 is 1.32 bits per heavy atom. The van der Waals surface area contributed by atoms with Crippen molar-refractivity contribution in [3.05, 3.63) is 182 Å². The van der Waals surface area contributed by atoms with Gasteiger partial charge in [0.05, 0.1) is 69.9 Å². The number of nitrogens with two attached hydrogens (primary N) is 1. The number of amides is 8. The average Bonchev–Trinajstić information content (AvgIpc) is 1.31. The summed E-state index contributed by atoms with van der Waals surface area (Å²) >= 11 is 2.95. The van der Waals surface area contributed by atoms with E-state index in [1.165, 1.54) is 22.7 Å². The number of carbonyl (C=O) groups excluding carboxylic acids is 7. The molecule has 4 heterocycles. The first-order valence-electron chi connectivity index (χ1n) is 34.2. The molecule has 530 valence electrons. The molecule has 1 saturated heterocycles. The smallest absolute Gasteiger partial charge is 0.407 e. The summed E-state index contributed by atoms with van der Waals surface area (Å²) in [6.45, 7) is 15.0. The molecule has 1 aliphatic heterocycles. The Bertz CT molecular complexity index is 3730. The van der Waals surface area contributed by atoms with Gasteiger partial charge in [-0.15, -0.1) is 22.7 Å². The van der Waals surface area contributed by atoms with Gasteiger partial charge in [0.25, 0.3) is 5.91 Å². The minimum Gasteiger partial charge on any atom is -0.444 e. The Kier molecular flexibility index (Phi) is 28.4. The minimum absolute atomic E-state index is 0.0566. The number of para-hydroxylation sites is 1. The zero-order valence-corrected chi connectivity index (χ0v) is 59.6. The fourth-order valence-corrected chi connectivity index (χ4v) is 14.0. The molecule has 4 aromatic carbocycles. The van der Waals surface area contributed by atoms with Gasteiger partial charge in [-0.05, 0) is 106 Å². The number of thiazole rings is 2. The van der Waals surface area contributed by atoms with E-state index in [9.17, 15) is 43.8 Å². The number of benzene rings is 4. The van der Waals surface area contributed by atoms with Crippen LogP contribution in [0.2, 0.25) is 0 Å². The summed E-state index contributed by atoms with van der Waals surface area (Å²) in [4.78, 5) is 110. The predicted octanol–water partition coefficient (Wildman–Crippen LogP) is 9.00. The quantitative estimate of drug-likeness (QED) is 0.0211. The molecule has 8 amide bonds. The Morgan fingerprint density at radius 3 is 1.92 bits per heavy atom. The topological polar surface area (TPSA) is 313 Å². The summed E-state index contributed by atoms with van der Waals surface area (Å²) in [5, 5.41) is 44.9. The number of nitrogens with one attached hydrogen (secondary N) is 6. The molecule has 2 aliphatic rings. The van der Waals surface area contributed by atoms with E-state index in [-0.39, 0.29) is 55.5 Å². The molecular weight excluding hydrogens is 1290 g/mol. The number of rotatable bonds is 29. The number of fused-ring (bicyclic) bond motifs is 2. The largest absolute Gasteiger partial charge is 0.444 e. The van der Waals surface area contributed by atoms with Crippen LogP contribution in [0, 0.1) is 17.8 Å². The number of β-amino-alcohol motifs (C(OH)–C–C–N with tert-alkyl or cyclic N) is 1. The number of hydrogen-bond acceptors (Lipinski definition) is 16. The Hall–Kier alpha value is -8.68. The molecular formula is C75H98N12O10S2. The minimum atomic E-state index is -1.30. The molecule has 0 spiro atoms. The number of hydrogen-bond donors (Lipinski definition) is 9. The molecule has 99 heavy (non-hydrogen) atoms. The van der Waals surface area contributed by atoms with E-state index in [1.807, 2.05) is 149 Å². The van der Waals surface area contributed by atoms with Crippen molar-refractivity contribution < 1.29 is 48.5 Å². The first-order chi connectivity index (χ1) is 47.3. The third kappa shape index (κ3) is 24.0. The molecule has 1 saturated carbocycles. The van der Waals surface area contributed by atoms with Gasteiger partial charge in [0.15, 0.2) is 0 Å². The van der Waals surface area contributed by atoms with Crippen molar-refractivity contribution >= 4 is 75.2 Å². The van der Waals surface area contributed by atoms with Crippen molar-refractivity contribution in [2.45, 2.75) is 186 Å². The van der Waals surface area contributed by atoms with Gasteiger partial charge in [-0.1, -0.05) is 162 Å². The summed E-state index contributed by atoms with van der Waals surface area (Å²) in [6, 6.07) is 34.4. The van der Waals surface area contributed by atoms with Crippen LogP contribution < -0.4 is 37.6 Å². The lowest BCUT2D eigenvalue weighted by atomic mass is 9.72. The van der Waals surface area contributed by atoms with Crippen molar-refractivity contribution in [2.75, 3.05) is 20.1 Å². The Balaban J connectivity index is 0.000000252. The van der Waals surface area contributed by atoms with Gasteiger partial charge in [0.2, 0.25) is 23.6 Å². The van der Waals surface area contributed by atoms with Crippen LogP contribution in [0.15, 0.2) is 144 Å². The highest BCUT2D eigenvalue weighted by molar-refractivity contribution is 7.09. The van der Waals surface area contributed by atoms with E-state index in [2.05, 4.69) is 65.6 Å². The second-order valence-electron chi connectivity index (χ2n) is 27.7. The molecule has 10 atom stereocenters. The lowest BCUT2D eigenvalue weighted by Crippen LogP contribution is -2.61. The van der Waals surface area contributed by atoms with E-state index in [0.717, 1.165) is 63.3 Å². The molecule has 2 fully saturated rings. The highest BCUT2D eigenvalue weighted by Crippen LogP contribution is 2.39. The number of aliphatic hydroxyl groups is 2. The highest BCUT2D eigenvalue weighted by atomic mass is 32.1. The number of nitrogens with zero attached hydrogens (tertiary/aromatic N) is 5. The molecule has 0 bridgehead atoms. The van der Waals surface area contributed by atoms with Crippen LogP contribution in [0.1, 0.15) is 142 Å². The number of pyridine rings is 1. The van der Waals surface area contributed by atoms with E-state index >= 15 is 0 Å². The van der Waals surface area contributed by atoms with Gasteiger partial charge in [-0.25, -0.2) is 19.6 Å². The number of aliphatic hydroxyl groups excluding tert-OH is 2. The van der Waals surface area contributed by atoms with E-state index < -0.39 is 84.2 Å². The Morgan fingerprint density at radius 1 is 0.707 bits per heavy atom. The van der Waals surface area contributed by atoms with Gasteiger partial charge in [-0.2, -0.15) is 0 Å². The van der Waals surface area contributed by atoms with E-state index in [1.54, 1.807) is 48.3 Å². The summed E-state index contributed by atoms with van der Waals surface area (Å²) in [7, 11) is 1.68. The summed E-state index contributed by atoms with van der Waals surface area (Å²) in [5.41, 5.74) is 11.1. The molecule has 24 heteroatoms. The van der Waals surface area contributed by atoms with Gasteiger partial charge in [0, 0.05) is 54.6 Å². The van der Waals surface area contributed by atoms with Crippen LogP contribution in [0.25, 0.3) is 10.9 Å². The standard InChI is InChI=1S/C38H50N6O5.C37H48N6O5S2/c1-38(2,3)43-37(49)32-20-26-14-7-8-15-27(26)22-44(32)23-33(45)30(19-24-11-5-4-6-12-24)41-36(48)31(21-34(39)46)42-35(47)29-18-17-25-13-9-10-16-28(25)40-29;1-24(2)33(42-36(46)43(5)20-29-22-49-35(40-29)25(3)4)34(45)39-28(16-26-12-8-6-9-13-26)18-32(44)31(17-27-14-10-7-11-15-27)41-37(47)48-21-30-19-38-23-50-30/h4-6,9-13,16-18,26-27,30-33,45H,7-8,14-15,19-23H2,1-3H3,(H2,39,46)(H,41,48)(H,42,47)(H,43,49);6-15,19,22-25,28,31-33,44H,16-18,20-21H2,1-5H3,(H,39,45)(H,41,47)(H,42,46)/t26-,27+,30-,31-,32-,33+;28-,31-,32-,33-/m00/s1. The van der Waals surface area contributed by atoms with Crippen LogP contribution in [-0.4, -0.2) is 151 Å². The van der Waals surface area contributed by atoms with Gasteiger partial charge >= 0.3 is 12.1 Å². The van der Waals surface area contributed by atoms with Crippen LogP contribution in [0.3, 0.4) is 0 Å². The van der Waals surface area contributed by atoms with Crippen LogP contribution in [0.4, 0.5) is 9.59 Å². The maximum atomic E-state index is 13.9. The SMILES string of the molecule is CC(C)(C)NC(=O)[C@@H]1C[C@@H]2CCCC[C@@H]2CN1C[C@@H](O)[C@H](Cc1ccccc1)NC(=O)[C@H](CC(N)=O)NC(=O)c1ccc2ccccc2n1.CC(C)c1nc(CN(C)C(=O)N[C@H](C(=O)N[C@@H](Cc2ccccc2)C[C@H](O)[C@H](Cc2ccccc2)NC(=O)OCc2cncs2)C(C)C)cs1. The van der Waals surface area contributed by atoms with E-state index in [0.29, 0.717) is 49.2 Å². The van der Waals surface area contributed by atoms with Crippen molar-refractivity contribution in [3.63, 3.8) is 0 Å². The maximum absolute atomic E-state index is 13.9. The van der Waals surface area contributed by atoms with Crippen molar-refractivity contribution in [1.82, 2.24) is 56.7 Å². The maximum Gasteiger partial charge on any atom is 0.407 e. The first kappa shape index (κ1) is 76.1. The number of primary amides is 1. The number of aromatic nitrogens is 3. The third-order valence-electron chi connectivity index (χ3n) is 17.8. The molecule has 0 radical (unpaired) electrons. The van der Waals surface area contributed by atoms with Crippen LogP contribution >= 0.6 is 22.7 Å². The highest BCUT2D eigenvalue weighted by Gasteiger charge is 2.42. The fraction of sp³-hybridized carbons (Fsp3) is 0.467. The van der Waals surface area contributed by atoms with Crippen molar-refractivity contribution in [2.24, 2.45) is 23.5 Å². The molecule has 1 aliphatic carbocycles. The Labute approximate surface area is 589 Å². The number of urea groups is 1. The lowest BCUT2D eigenvalue weighted by Gasteiger charge is -2.47.